The van der Waals surface area contributed by atoms with Crippen molar-refractivity contribution in [2.75, 3.05) is 26.2 Å². The Morgan fingerprint density at radius 2 is 2.27 bits per heavy atom. The molecule has 1 atom stereocenters. The van der Waals surface area contributed by atoms with Gasteiger partial charge in [-0.25, -0.2) is 9.22 Å². The average molecular weight is 179 g/mol. The molecule has 66 valence electrons. The first-order valence-electron chi connectivity index (χ1n) is 3.62. The highest BCUT2D eigenvalue weighted by atomic mass is 32.2. The van der Waals surface area contributed by atoms with Crippen LogP contribution in [-0.4, -0.2) is 39.9 Å². The zero-order valence-electron chi connectivity index (χ0n) is 6.25. The molecule has 0 aromatic rings. The summed E-state index contributed by atoms with van der Waals surface area (Å²) in [7, 11) is 0. The van der Waals surface area contributed by atoms with Gasteiger partial charge in [-0.05, 0) is 13.0 Å². The van der Waals surface area contributed by atoms with Crippen molar-refractivity contribution < 1.29 is 8.76 Å². The summed E-state index contributed by atoms with van der Waals surface area (Å²) in [4.78, 5) is 2.44. The van der Waals surface area contributed by atoms with Crippen LogP contribution in [0, 0.1) is 0 Å². The lowest BCUT2D eigenvalue weighted by atomic mass is 10.4. The van der Waals surface area contributed by atoms with E-state index in [1.54, 1.807) is 5.01 Å². The van der Waals surface area contributed by atoms with E-state index >= 15 is 0 Å². The van der Waals surface area contributed by atoms with Crippen molar-refractivity contribution in [3.05, 3.63) is 0 Å². The fourth-order valence-corrected chi connectivity index (χ4v) is 1.45. The summed E-state index contributed by atoms with van der Waals surface area (Å²) in [5.74, 6) is 0. The van der Waals surface area contributed by atoms with E-state index < -0.39 is 11.3 Å². The molecular formula is C5H13N3O2S. The predicted molar refractivity (Wildman–Crippen MR) is 43.0 cm³/mol. The van der Waals surface area contributed by atoms with E-state index in [1.165, 1.54) is 0 Å². The highest BCUT2D eigenvalue weighted by Gasteiger charge is 2.08. The number of nitrogens with one attached hydrogen (secondary N) is 2. The first kappa shape index (κ1) is 9.08. The van der Waals surface area contributed by atoms with Crippen molar-refractivity contribution in [1.29, 1.82) is 0 Å². The van der Waals surface area contributed by atoms with Crippen LogP contribution < -0.4 is 10.1 Å². The number of nitrogens with zero attached hydrogens (tertiary/aromatic N) is 1. The smallest absolute Gasteiger partial charge is 0.246 e. The van der Waals surface area contributed by atoms with E-state index in [2.05, 4.69) is 10.1 Å². The summed E-state index contributed by atoms with van der Waals surface area (Å²) in [5, 5.41) is 4.95. The van der Waals surface area contributed by atoms with Gasteiger partial charge in [0, 0.05) is 19.6 Å². The molecule has 1 saturated heterocycles. The third-order valence-electron chi connectivity index (χ3n) is 1.55. The van der Waals surface area contributed by atoms with Crippen molar-refractivity contribution in [2.45, 2.75) is 6.42 Å². The average Bonchev–Trinajstić information content (AvgIpc) is 2.14. The summed E-state index contributed by atoms with van der Waals surface area (Å²) < 4.78 is 18.8. The van der Waals surface area contributed by atoms with Crippen LogP contribution >= 0.6 is 0 Å². The van der Waals surface area contributed by atoms with E-state index in [9.17, 15) is 4.21 Å². The van der Waals surface area contributed by atoms with E-state index in [1.807, 2.05) is 0 Å². The van der Waals surface area contributed by atoms with Crippen LogP contribution in [0.1, 0.15) is 6.42 Å². The molecule has 1 heterocycles. The van der Waals surface area contributed by atoms with Gasteiger partial charge in [-0.2, -0.15) is 0 Å². The molecule has 11 heavy (non-hydrogen) atoms. The molecule has 6 heteroatoms. The fraction of sp³-hybridized carbons (Fsp3) is 1.00. The molecular weight excluding hydrogens is 166 g/mol. The van der Waals surface area contributed by atoms with E-state index in [-0.39, 0.29) is 0 Å². The van der Waals surface area contributed by atoms with Gasteiger partial charge in [0.2, 0.25) is 11.3 Å². The Labute approximate surface area is 68.5 Å². The van der Waals surface area contributed by atoms with Gasteiger partial charge in [0.1, 0.15) is 0 Å². The molecule has 0 amide bonds. The normalized spacial score (nSPS) is 24.5. The minimum atomic E-state index is -1.92. The third-order valence-corrected chi connectivity index (χ3v) is 1.96. The summed E-state index contributed by atoms with van der Waals surface area (Å²) in [5.41, 5.74) is 0. The minimum Gasteiger partial charge on any atom is -0.315 e. The second-order valence-corrected chi connectivity index (χ2v) is 3.11. The minimum absolute atomic E-state index is 0.770. The maximum absolute atomic E-state index is 10.3. The van der Waals surface area contributed by atoms with Crippen molar-refractivity contribution in [2.24, 2.45) is 0 Å². The zero-order chi connectivity index (χ0) is 8.10. The molecule has 0 saturated carbocycles. The molecule has 5 nitrogen and oxygen atoms in total. The van der Waals surface area contributed by atoms with Gasteiger partial charge in [0.15, 0.2) is 0 Å². The molecule has 0 aromatic heterocycles. The maximum Gasteiger partial charge on any atom is 0.246 e. The number of hydrazine groups is 1. The number of hydrogen-bond donors (Lipinski definition) is 3. The maximum atomic E-state index is 10.3. The van der Waals surface area contributed by atoms with Crippen molar-refractivity contribution in [3.8, 4) is 0 Å². The van der Waals surface area contributed by atoms with Gasteiger partial charge in [0.05, 0.1) is 0 Å². The number of hydrogen-bond acceptors (Lipinski definition) is 3. The van der Waals surface area contributed by atoms with Crippen LogP contribution in [0.25, 0.3) is 0 Å². The van der Waals surface area contributed by atoms with Crippen molar-refractivity contribution >= 4 is 11.3 Å². The topological polar surface area (TPSA) is 64.6 Å². The first-order valence-corrected chi connectivity index (χ1v) is 4.72. The van der Waals surface area contributed by atoms with Crippen LogP contribution in [0.2, 0.25) is 0 Å². The van der Waals surface area contributed by atoms with Gasteiger partial charge in [0.25, 0.3) is 0 Å². The Morgan fingerprint density at radius 3 is 3.00 bits per heavy atom. The summed E-state index contributed by atoms with van der Waals surface area (Å²) in [6.07, 6.45) is 1.00. The van der Waals surface area contributed by atoms with Gasteiger partial charge in [-0.1, -0.05) is 0 Å². The Bertz CT molecular complexity index is 136. The lowest BCUT2D eigenvalue weighted by molar-refractivity contribution is 0.255. The molecule has 1 unspecified atom stereocenters. The molecule has 0 spiro atoms. The SMILES string of the molecule is O=S(O)NN1CCCNCC1. The number of rotatable bonds is 2. The van der Waals surface area contributed by atoms with E-state index in [4.69, 9.17) is 4.55 Å². The van der Waals surface area contributed by atoms with Crippen LogP contribution in [0.15, 0.2) is 0 Å². The lowest BCUT2D eigenvalue weighted by Gasteiger charge is -2.16. The molecule has 0 bridgehead atoms. The summed E-state index contributed by atoms with van der Waals surface area (Å²) in [6, 6.07) is 0. The lowest BCUT2D eigenvalue weighted by Crippen LogP contribution is -2.41. The van der Waals surface area contributed by atoms with Gasteiger partial charge in [-0.15, -0.1) is 4.83 Å². The molecule has 0 radical (unpaired) electrons. The second-order valence-electron chi connectivity index (χ2n) is 2.43. The fourth-order valence-electron chi connectivity index (χ4n) is 1.05. The Hall–Kier alpha value is -0.0100. The summed E-state index contributed by atoms with van der Waals surface area (Å²) >= 11 is -1.92. The highest BCUT2D eigenvalue weighted by Crippen LogP contribution is 1.90. The standard InChI is InChI=1S/C5H13N3O2S/c9-11(10)7-8-4-1-2-6-3-5-8/h6-7H,1-5H2,(H,9,10). The largest absolute Gasteiger partial charge is 0.315 e. The van der Waals surface area contributed by atoms with Crippen LogP contribution in [0.5, 0.6) is 0 Å². The van der Waals surface area contributed by atoms with Crippen LogP contribution in [0.3, 0.4) is 0 Å². The molecule has 0 aliphatic carbocycles. The summed E-state index contributed by atoms with van der Waals surface area (Å²) in [6.45, 7) is 3.44. The van der Waals surface area contributed by atoms with Crippen LogP contribution in [0.4, 0.5) is 0 Å². The van der Waals surface area contributed by atoms with E-state index in [0.717, 1.165) is 32.6 Å². The van der Waals surface area contributed by atoms with Gasteiger partial charge >= 0.3 is 0 Å². The predicted octanol–water partition coefficient (Wildman–Crippen LogP) is -1.08. The molecule has 3 N–H and O–H groups in total. The Balaban J connectivity index is 2.25. The van der Waals surface area contributed by atoms with Crippen molar-refractivity contribution in [1.82, 2.24) is 15.2 Å². The second kappa shape index (κ2) is 4.78. The van der Waals surface area contributed by atoms with Gasteiger partial charge in [-0.3, -0.25) is 4.55 Å². The van der Waals surface area contributed by atoms with E-state index in [0.29, 0.717) is 0 Å². The highest BCUT2D eigenvalue weighted by molar-refractivity contribution is 7.77. The molecule has 1 fully saturated rings. The first-order chi connectivity index (χ1) is 5.29. The molecule has 1 rings (SSSR count). The zero-order valence-corrected chi connectivity index (χ0v) is 7.06. The molecule has 1 aliphatic rings. The Kier molecular flexibility index (Phi) is 3.95. The third kappa shape index (κ3) is 3.78. The monoisotopic (exact) mass is 179 g/mol. The Morgan fingerprint density at radius 1 is 1.45 bits per heavy atom. The quantitative estimate of drug-likeness (QED) is 0.472. The molecule has 0 aromatic carbocycles. The van der Waals surface area contributed by atoms with Gasteiger partial charge < -0.3 is 5.32 Å². The van der Waals surface area contributed by atoms with Crippen molar-refractivity contribution in [3.63, 3.8) is 0 Å². The van der Waals surface area contributed by atoms with Crippen LogP contribution in [-0.2, 0) is 11.3 Å². The molecule has 1 aliphatic heterocycles.